The van der Waals surface area contributed by atoms with Crippen molar-refractivity contribution < 1.29 is 19.1 Å². The van der Waals surface area contributed by atoms with E-state index in [1.807, 2.05) is 0 Å². The van der Waals surface area contributed by atoms with Crippen molar-refractivity contribution >= 4 is 11.9 Å². The Hall–Kier alpha value is -2.01. The van der Waals surface area contributed by atoms with Crippen LogP contribution in [0.1, 0.15) is 6.42 Å². The van der Waals surface area contributed by atoms with Crippen LogP contribution in [0.25, 0.3) is 10.4 Å². The van der Waals surface area contributed by atoms with E-state index in [1.54, 1.807) is 0 Å². The van der Waals surface area contributed by atoms with E-state index < -0.39 is 23.9 Å². The molecule has 0 rings (SSSR count). The summed E-state index contributed by atoms with van der Waals surface area (Å²) in [4.78, 5) is 25.1. The van der Waals surface area contributed by atoms with Gasteiger partial charge in [0.1, 0.15) is 0 Å². The Kier molecular flexibility index (Phi) is 6.39. The fraction of sp³-hybridized carbons (Fsp3) is 0.556. The number of carbonyl (C=O) groups is 2. The lowest BCUT2D eigenvalue weighted by Gasteiger charge is -2.14. The highest BCUT2D eigenvalue weighted by molar-refractivity contribution is 5.94. The second kappa shape index (κ2) is 7.30. The Bertz CT molecular complexity index is 307. The first kappa shape index (κ1) is 14.0. The number of hydrogen-bond acceptors (Lipinski definition) is 5. The predicted molar refractivity (Wildman–Crippen MR) is 55.3 cm³/mol. The Morgan fingerprint density at radius 2 is 1.94 bits per heavy atom. The van der Waals surface area contributed by atoms with Gasteiger partial charge in [0, 0.05) is 4.91 Å². The molecule has 0 aromatic rings. The first-order valence-electron chi connectivity index (χ1n) is 4.43. The molecule has 0 bridgehead atoms. The molecule has 1 atom stereocenters. The Labute approximate surface area is 92.7 Å². The lowest BCUT2D eigenvalue weighted by molar-refractivity contribution is -0.159. The van der Waals surface area contributed by atoms with Crippen molar-refractivity contribution in [2.75, 3.05) is 14.2 Å². The van der Waals surface area contributed by atoms with Crippen LogP contribution in [0.15, 0.2) is 17.8 Å². The molecular formula is C9H13N3O4. The van der Waals surface area contributed by atoms with Gasteiger partial charge in [-0.2, -0.15) is 0 Å². The van der Waals surface area contributed by atoms with Gasteiger partial charge < -0.3 is 9.47 Å². The molecule has 1 unspecified atom stereocenters. The summed E-state index contributed by atoms with van der Waals surface area (Å²) in [5.41, 5.74) is 8.25. The molecule has 7 heteroatoms. The van der Waals surface area contributed by atoms with Gasteiger partial charge in [0.05, 0.1) is 20.3 Å². The van der Waals surface area contributed by atoms with Crippen LogP contribution < -0.4 is 0 Å². The van der Waals surface area contributed by atoms with E-state index in [9.17, 15) is 9.59 Å². The molecule has 0 fully saturated rings. The summed E-state index contributed by atoms with van der Waals surface area (Å²) >= 11 is 0. The maximum absolute atomic E-state index is 11.3. The van der Waals surface area contributed by atoms with Crippen LogP contribution in [0.5, 0.6) is 0 Å². The third-order valence-corrected chi connectivity index (χ3v) is 1.92. The molecule has 88 valence electrons. The molecule has 16 heavy (non-hydrogen) atoms. The molecule has 0 amide bonds. The number of carbonyl (C=O) groups excluding carboxylic acids is 2. The number of methoxy groups -OCH3 is 2. The summed E-state index contributed by atoms with van der Waals surface area (Å²) in [7, 11) is 2.32. The summed E-state index contributed by atoms with van der Waals surface area (Å²) in [5, 5.41) is 3.36. The third kappa shape index (κ3) is 4.02. The highest BCUT2D eigenvalue weighted by atomic mass is 16.5. The number of hydrogen-bond donors (Lipinski definition) is 0. The number of azide groups is 1. The van der Waals surface area contributed by atoms with Crippen molar-refractivity contribution in [1.29, 1.82) is 0 Å². The smallest absolute Gasteiger partial charge is 0.320 e. The monoisotopic (exact) mass is 227 g/mol. The number of ether oxygens (including phenoxy) is 2. The number of nitrogens with zero attached hydrogens (tertiary/aromatic N) is 3. The minimum Gasteiger partial charge on any atom is -0.468 e. The van der Waals surface area contributed by atoms with Crippen molar-refractivity contribution in [3.8, 4) is 0 Å². The van der Waals surface area contributed by atoms with Gasteiger partial charge in [0.25, 0.3) is 0 Å². The van der Waals surface area contributed by atoms with Crippen molar-refractivity contribution in [2.45, 2.75) is 12.5 Å². The normalized spacial score (nSPS) is 11.2. The second-order valence-corrected chi connectivity index (χ2v) is 2.84. The summed E-state index contributed by atoms with van der Waals surface area (Å²) in [6.45, 7) is 3.43. The minimum absolute atomic E-state index is 0.0209. The van der Waals surface area contributed by atoms with Crippen LogP contribution in [0.4, 0.5) is 0 Å². The predicted octanol–water partition coefficient (Wildman–Crippen LogP) is 1.20. The maximum atomic E-state index is 11.3. The zero-order valence-electron chi connectivity index (χ0n) is 9.12. The average molecular weight is 227 g/mol. The van der Waals surface area contributed by atoms with Gasteiger partial charge in [0.2, 0.25) is 0 Å². The zero-order chi connectivity index (χ0) is 12.6. The molecule has 0 spiro atoms. The first-order valence-corrected chi connectivity index (χ1v) is 4.43. The molecule has 7 nitrogen and oxygen atoms in total. The minimum atomic E-state index is -1.11. The molecular weight excluding hydrogens is 214 g/mol. The third-order valence-electron chi connectivity index (χ3n) is 1.92. The van der Waals surface area contributed by atoms with Crippen molar-refractivity contribution in [3.05, 3.63) is 23.1 Å². The molecule has 0 heterocycles. The molecule has 0 aliphatic rings. The standard InChI is InChI=1S/C9H13N3O4/c1-4-6(11-12-10)5-7(8(13)15-2)9(14)16-3/h4,6-7H,1,5H2,2-3H3. The van der Waals surface area contributed by atoms with Gasteiger partial charge in [-0.15, -0.1) is 6.58 Å². The fourth-order valence-corrected chi connectivity index (χ4v) is 1.07. The van der Waals surface area contributed by atoms with E-state index in [0.717, 1.165) is 14.2 Å². The van der Waals surface area contributed by atoms with Gasteiger partial charge in [0.15, 0.2) is 5.92 Å². The molecule has 0 aromatic carbocycles. The molecule has 0 radical (unpaired) electrons. The van der Waals surface area contributed by atoms with Crippen LogP contribution >= 0.6 is 0 Å². The quantitative estimate of drug-likeness (QED) is 0.170. The van der Waals surface area contributed by atoms with Gasteiger partial charge in [-0.25, -0.2) is 0 Å². The molecule has 0 aliphatic carbocycles. The van der Waals surface area contributed by atoms with E-state index in [-0.39, 0.29) is 6.42 Å². The van der Waals surface area contributed by atoms with Crippen LogP contribution in [0.3, 0.4) is 0 Å². The lowest BCUT2D eigenvalue weighted by Crippen LogP contribution is -2.29. The highest BCUT2D eigenvalue weighted by Crippen LogP contribution is 2.14. The van der Waals surface area contributed by atoms with E-state index in [4.69, 9.17) is 5.53 Å². The summed E-state index contributed by atoms with van der Waals surface area (Å²) < 4.78 is 8.90. The van der Waals surface area contributed by atoms with Gasteiger partial charge in [-0.3, -0.25) is 9.59 Å². The topological polar surface area (TPSA) is 101 Å². The summed E-state index contributed by atoms with van der Waals surface area (Å²) in [6.07, 6.45) is 1.32. The van der Waals surface area contributed by atoms with Crippen LogP contribution in [-0.4, -0.2) is 32.2 Å². The summed E-state index contributed by atoms with van der Waals surface area (Å²) in [6, 6.07) is -0.659. The molecule has 0 aromatic heterocycles. The molecule has 0 N–H and O–H groups in total. The molecule has 0 aliphatic heterocycles. The van der Waals surface area contributed by atoms with Crippen LogP contribution in [0.2, 0.25) is 0 Å². The van der Waals surface area contributed by atoms with Gasteiger partial charge in [-0.05, 0) is 12.0 Å². The van der Waals surface area contributed by atoms with Crippen LogP contribution in [0, 0.1) is 5.92 Å². The second-order valence-electron chi connectivity index (χ2n) is 2.84. The Morgan fingerprint density at radius 3 is 2.25 bits per heavy atom. The van der Waals surface area contributed by atoms with E-state index in [1.165, 1.54) is 6.08 Å². The molecule has 0 saturated heterocycles. The van der Waals surface area contributed by atoms with E-state index in [2.05, 4.69) is 26.1 Å². The average Bonchev–Trinajstić information content (AvgIpc) is 2.32. The number of esters is 2. The Morgan fingerprint density at radius 1 is 1.44 bits per heavy atom. The highest BCUT2D eigenvalue weighted by Gasteiger charge is 2.30. The van der Waals surface area contributed by atoms with Crippen molar-refractivity contribution in [1.82, 2.24) is 0 Å². The maximum Gasteiger partial charge on any atom is 0.320 e. The van der Waals surface area contributed by atoms with Crippen LogP contribution in [-0.2, 0) is 19.1 Å². The zero-order valence-corrected chi connectivity index (χ0v) is 9.12. The SMILES string of the molecule is C=CC(CC(C(=O)OC)C(=O)OC)N=[N+]=[N-]. The van der Waals surface area contributed by atoms with Crippen molar-refractivity contribution in [3.63, 3.8) is 0 Å². The van der Waals surface area contributed by atoms with Gasteiger partial charge in [-0.1, -0.05) is 11.2 Å². The van der Waals surface area contributed by atoms with Crippen molar-refractivity contribution in [2.24, 2.45) is 11.0 Å². The lowest BCUT2D eigenvalue weighted by atomic mass is 10.0. The number of rotatable bonds is 6. The summed E-state index contributed by atoms with van der Waals surface area (Å²) in [5.74, 6) is -2.57. The largest absolute Gasteiger partial charge is 0.468 e. The molecule has 0 saturated carbocycles. The van der Waals surface area contributed by atoms with E-state index in [0.29, 0.717) is 0 Å². The first-order chi connectivity index (χ1) is 7.60. The fourth-order valence-electron chi connectivity index (χ4n) is 1.07. The Balaban J connectivity index is 4.77. The van der Waals surface area contributed by atoms with E-state index >= 15 is 0 Å². The van der Waals surface area contributed by atoms with Gasteiger partial charge >= 0.3 is 11.9 Å².